The van der Waals surface area contributed by atoms with Crippen LogP contribution in [-0.2, 0) is 6.42 Å². The molecule has 2 heterocycles. The van der Waals surface area contributed by atoms with Crippen molar-refractivity contribution >= 4 is 39.2 Å². The number of halogens is 2. The molecule has 6 heteroatoms. The molecular formula is C23H27BrClN3O. The molecule has 4 rings (SSSR count). The van der Waals surface area contributed by atoms with Crippen molar-refractivity contribution in [3.05, 3.63) is 63.6 Å². The summed E-state index contributed by atoms with van der Waals surface area (Å²) in [6.45, 7) is 4.06. The van der Waals surface area contributed by atoms with E-state index in [0.717, 1.165) is 54.2 Å². The Morgan fingerprint density at radius 3 is 2.62 bits per heavy atom. The Morgan fingerprint density at radius 2 is 1.86 bits per heavy atom. The summed E-state index contributed by atoms with van der Waals surface area (Å²) >= 11 is 9.81. The van der Waals surface area contributed by atoms with Gasteiger partial charge in [0, 0.05) is 34.3 Å². The van der Waals surface area contributed by atoms with Crippen LogP contribution in [0.4, 0.5) is 10.5 Å². The second-order valence-electron chi connectivity index (χ2n) is 8.11. The van der Waals surface area contributed by atoms with E-state index in [9.17, 15) is 4.79 Å². The van der Waals surface area contributed by atoms with Crippen LogP contribution in [0.1, 0.15) is 24.8 Å². The highest BCUT2D eigenvalue weighted by atomic mass is 79.9. The maximum absolute atomic E-state index is 12.3. The van der Waals surface area contributed by atoms with Crippen LogP contribution in [-0.4, -0.2) is 43.2 Å². The summed E-state index contributed by atoms with van der Waals surface area (Å²) in [4.78, 5) is 16.7. The summed E-state index contributed by atoms with van der Waals surface area (Å²) in [5.74, 6) is 0.709. The van der Waals surface area contributed by atoms with Crippen LogP contribution in [0.5, 0.6) is 0 Å². The molecule has 2 aromatic rings. The van der Waals surface area contributed by atoms with Gasteiger partial charge in [0.1, 0.15) is 0 Å². The first-order chi connectivity index (χ1) is 14.1. The van der Waals surface area contributed by atoms with Crippen molar-refractivity contribution in [3.63, 3.8) is 0 Å². The molecule has 154 valence electrons. The van der Waals surface area contributed by atoms with Crippen LogP contribution in [0.25, 0.3) is 0 Å². The number of nitrogens with one attached hydrogen (secondary N) is 1. The molecule has 1 N–H and O–H groups in total. The molecule has 0 aromatic heterocycles. The Bertz CT molecular complexity index is 839. The van der Waals surface area contributed by atoms with Gasteiger partial charge in [-0.15, -0.1) is 0 Å². The number of piperidine rings is 1. The molecule has 4 nitrogen and oxygen atoms in total. The van der Waals surface area contributed by atoms with Crippen LogP contribution in [0, 0.1) is 5.92 Å². The van der Waals surface area contributed by atoms with E-state index in [1.54, 1.807) is 0 Å². The van der Waals surface area contributed by atoms with Crippen LogP contribution < -0.4 is 10.2 Å². The van der Waals surface area contributed by atoms with Gasteiger partial charge in [-0.3, -0.25) is 4.90 Å². The number of benzene rings is 2. The van der Waals surface area contributed by atoms with Gasteiger partial charge in [0.25, 0.3) is 0 Å². The van der Waals surface area contributed by atoms with Gasteiger partial charge in [0.2, 0.25) is 0 Å². The van der Waals surface area contributed by atoms with Gasteiger partial charge < -0.3 is 10.2 Å². The van der Waals surface area contributed by atoms with E-state index in [2.05, 4.69) is 32.2 Å². The number of hydrogen-bond donors (Lipinski definition) is 1. The normalized spacial score (nSPS) is 20.8. The Hall–Kier alpha value is -1.56. The average molecular weight is 477 g/mol. The summed E-state index contributed by atoms with van der Waals surface area (Å²) < 4.78 is 1.16. The van der Waals surface area contributed by atoms with E-state index < -0.39 is 0 Å². The van der Waals surface area contributed by atoms with Crippen molar-refractivity contribution in [1.82, 2.24) is 10.2 Å². The van der Waals surface area contributed by atoms with Gasteiger partial charge in [-0.1, -0.05) is 45.7 Å². The molecule has 2 fully saturated rings. The predicted octanol–water partition coefficient (Wildman–Crippen LogP) is 5.35. The molecule has 29 heavy (non-hydrogen) atoms. The van der Waals surface area contributed by atoms with E-state index in [1.807, 2.05) is 47.4 Å². The van der Waals surface area contributed by atoms with Gasteiger partial charge in [-0.2, -0.15) is 0 Å². The fourth-order valence-corrected chi connectivity index (χ4v) is 4.96. The van der Waals surface area contributed by atoms with Gasteiger partial charge in [0.15, 0.2) is 0 Å². The van der Waals surface area contributed by atoms with Crippen LogP contribution >= 0.6 is 27.5 Å². The molecule has 1 atom stereocenters. The van der Waals surface area contributed by atoms with Gasteiger partial charge in [-0.05, 0) is 80.6 Å². The minimum Gasteiger partial charge on any atom is -0.333 e. The molecule has 1 unspecified atom stereocenters. The average Bonchev–Trinajstić information content (AvgIpc) is 3.11. The second-order valence-corrected chi connectivity index (χ2v) is 9.40. The number of carbonyl (C=O) groups excluding carboxylic acids is 1. The highest BCUT2D eigenvalue weighted by Gasteiger charge is 2.30. The minimum absolute atomic E-state index is 0.0204. The summed E-state index contributed by atoms with van der Waals surface area (Å²) in [5, 5.41) is 3.95. The third-order valence-electron chi connectivity index (χ3n) is 6.06. The zero-order chi connectivity index (χ0) is 20.2. The zero-order valence-electron chi connectivity index (χ0n) is 16.5. The predicted molar refractivity (Wildman–Crippen MR) is 123 cm³/mol. The van der Waals surface area contributed by atoms with Crippen LogP contribution in [0.3, 0.4) is 0 Å². The molecule has 2 aromatic carbocycles. The summed E-state index contributed by atoms with van der Waals surface area (Å²) in [6.07, 6.45) is 4.51. The first-order valence-corrected chi connectivity index (χ1v) is 11.5. The molecule has 0 spiro atoms. The maximum Gasteiger partial charge on any atom is 0.322 e. The van der Waals surface area contributed by atoms with Gasteiger partial charge >= 0.3 is 6.03 Å². The number of nitrogens with zero attached hydrogens (tertiary/aromatic N) is 2. The molecule has 0 radical (unpaired) electrons. The van der Waals surface area contributed by atoms with Crippen molar-refractivity contribution in [1.29, 1.82) is 0 Å². The Morgan fingerprint density at radius 1 is 1.10 bits per heavy atom. The molecule has 2 amide bonds. The Kier molecular flexibility index (Phi) is 6.78. The highest BCUT2D eigenvalue weighted by Crippen LogP contribution is 2.28. The number of para-hydroxylation sites is 1. The fraction of sp³-hybridized carbons (Fsp3) is 0.435. The number of hydrogen-bond acceptors (Lipinski definition) is 2. The smallest absolute Gasteiger partial charge is 0.322 e. The second kappa shape index (κ2) is 9.50. The summed E-state index contributed by atoms with van der Waals surface area (Å²) in [5.41, 5.74) is 2.28. The molecule has 2 saturated heterocycles. The van der Waals surface area contributed by atoms with Crippen molar-refractivity contribution < 1.29 is 4.79 Å². The standard InChI is InChI=1S/C23H27BrClN3O/c24-22-7-6-19(25)15-18(22)14-17-8-11-27(12-9-17)13-10-20-16-28(23(29)26-20)21-4-2-1-3-5-21/h1-7,15,17,20H,8-14,16H2,(H,26,29). The SMILES string of the molecule is O=C1NC(CCN2CCC(Cc3cc(Cl)ccc3Br)CC2)CN1c1ccccc1. The van der Waals surface area contributed by atoms with Crippen LogP contribution in [0.15, 0.2) is 53.0 Å². The van der Waals surface area contributed by atoms with Crippen LogP contribution in [0.2, 0.25) is 5.02 Å². The van der Waals surface area contributed by atoms with Crippen molar-refractivity contribution in [2.75, 3.05) is 31.1 Å². The third-order valence-corrected chi connectivity index (χ3v) is 7.07. The lowest BCUT2D eigenvalue weighted by Gasteiger charge is -2.32. The third kappa shape index (κ3) is 5.33. The lowest BCUT2D eigenvalue weighted by atomic mass is 9.90. The number of amides is 2. The summed E-state index contributed by atoms with van der Waals surface area (Å²) in [6, 6.07) is 16.2. The van der Waals surface area contributed by atoms with E-state index in [0.29, 0.717) is 5.92 Å². The quantitative estimate of drug-likeness (QED) is 0.610. The molecule has 2 aliphatic heterocycles. The molecule has 0 bridgehead atoms. The number of likely N-dealkylation sites (tertiary alicyclic amines) is 1. The first-order valence-electron chi connectivity index (χ1n) is 10.4. The number of rotatable bonds is 6. The van der Waals surface area contributed by atoms with E-state index in [1.165, 1.54) is 18.4 Å². The maximum atomic E-state index is 12.3. The Balaban J connectivity index is 1.21. The van der Waals surface area contributed by atoms with E-state index in [-0.39, 0.29) is 12.1 Å². The van der Waals surface area contributed by atoms with Crippen molar-refractivity contribution in [2.45, 2.75) is 31.7 Å². The van der Waals surface area contributed by atoms with Crippen molar-refractivity contribution in [3.8, 4) is 0 Å². The summed E-state index contributed by atoms with van der Waals surface area (Å²) in [7, 11) is 0. The molecule has 0 aliphatic carbocycles. The monoisotopic (exact) mass is 475 g/mol. The lowest BCUT2D eigenvalue weighted by molar-refractivity contribution is 0.178. The van der Waals surface area contributed by atoms with Gasteiger partial charge in [0.05, 0.1) is 0 Å². The molecule has 0 saturated carbocycles. The Labute approximate surface area is 186 Å². The van der Waals surface area contributed by atoms with E-state index >= 15 is 0 Å². The lowest BCUT2D eigenvalue weighted by Crippen LogP contribution is -2.38. The fourth-order valence-electron chi connectivity index (χ4n) is 4.36. The minimum atomic E-state index is 0.0204. The molecule has 2 aliphatic rings. The van der Waals surface area contributed by atoms with E-state index in [4.69, 9.17) is 11.6 Å². The zero-order valence-corrected chi connectivity index (χ0v) is 18.8. The molecular weight excluding hydrogens is 450 g/mol. The number of carbonyl (C=O) groups is 1. The topological polar surface area (TPSA) is 35.6 Å². The largest absolute Gasteiger partial charge is 0.333 e. The first kappa shape index (κ1) is 20.7. The van der Waals surface area contributed by atoms with Crippen molar-refractivity contribution in [2.24, 2.45) is 5.92 Å². The number of anilines is 1. The number of urea groups is 1. The van der Waals surface area contributed by atoms with Gasteiger partial charge in [-0.25, -0.2) is 4.79 Å². The highest BCUT2D eigenvalue weighted by molar-refractivity contribution is 9.10.